The summed E-state index contributed by atoms with van der Waals surface area (Å²) < 4.78 is 0. The molecule has 0 aliphatic carbocycles. The molecule has 1 unspecified atom stereocenters. The quantitative estimate of drug-likeness (QED) is 0.811. The molecule has 18 heavy (non-hydrogen) atoms. The molecule has 0 amide bonds. The molecule has 0 bridgehead atoms. The van der Waals surface area contributed by atoms with E-state index in [0.29, 0.717) is 0 Å². The average molecular weight is 252 g/mol. The maximum absolute atomic E-state index is 4.41. The number of hydrogen-bond donors (Lipinski definition) is 0. The van der Waals surface area contributed by atoms with Gasteiger partial charge in [0, 0.05) is 17.3 Å². The summed E-state index contributed by atoms with van der Waals surface area (Å²) in [7, 11) is 0. The molecule has 3 rings (SSSR count). The van der Waals surface area contributed by atoms with Crippen LogP contribution in [0.2, 0.25) is 0 Å². The van der Waals surface area contributed by atoms with Gasteiger partial charge in [-0.1, -0.05) is 24.3 Å². The Morgan fingerprint density at radius 3 is 2.50 bits per heavy atom. The lowest BCUT2D eigenvalue weighted by Gasteiger charge is -2.17. The van der Waals surface area contributed by atoms with Gasteiger partial charge in [-0.05, 0) is 30.3 Å². The van der Waals surface area contributed by atoms with Crippen LogP contribution < -0.4 is 0 Å². The Labute approximate surface area is 110 Å². The van der Waals surface area contributed by atoms with Crippen LogP contribution in [0.4, 0.5) is 0 Å². The molecule has 0 spiro atoms. The average Bonchev–Trinajstić information content (AvgIpc) is 2.49. The summed E-state index contributed by atoms with van der Waals surface area (Å²) in [5.74, 6) is 0. The minimum Gasteiger partial charge on any atom is -0.260 e. The summed E-state index contributed by atoms with van der Waals surface area (Å²) in [6, 6.07) is 12.0. The zero-order valence-corrected chi connectivity index (χ0v) is 10.5. The molecule has 0 aromatic carbocycles. The van der Waals surface area contributed by atoms with E-state index in [0.717, 1.165) is 11.4 Å². The molecule has 0 fully saturated rings. The second-order valence-electron chi connectivity index (χ2n) is 3.92. The van der Waals surface area contributed by atoms with Crippen molar-refractivity contribution in [3.8, 4) is 0 Å². The van der Waals surface area contributed by atoms with Gasteiger partial charge in [-0.2, -0.15) is 0 Å². The number of pyridine rings is 2. The van der Waals surface area contributed by atoms with Gasteiger partial charge in [0.25, 0.3) is 0 Å². The van der Waals surface area contributed by atoms with E-state index < -0.39 is 0 Å². The number of thioether (sulfide) groups is 1. The van der Waals surface area contributed by atoms with Crippen LogP contribution in [0, 0.1) is 0 Å². The standard InChI is InChI=1S/C15H12N2S/c1-3-10-16-12(6-1)14-8-5-9-15(18-14)13-7-2-4-11-17-13/h1-11,14H. The summed E-state index contributed by atoms with van der Waals surface area (Å²) in [6.45, 7) is 0. The predicted molar refractivity (Wildman–Crippen MR) is 75.9 cm³/mol. The second-order valence-corrected chi connectivity index (χ2v) is 5.11. The van der Waals surface area contributed by atoms with Gasteiger partial charge in [0.15, 0.2) is 0 Å². The van der Waals surface area contributed by atoms with Crippen molar-refractivity contribution in [1.82, 2.24) is 9.97 Å². The molecular weight excluding hydrogens is 240 g/mol. The molecule has 0 saturated carbocycles. The highest BCUT2D eigenvalue weighted by atomic mass is 32.2. The molecule has 0 radical (unpaired) electrons. The van der Waals surface area contributed by atoms with Crippen molar-refractivity contribution >= 4 is 16.7 Å². The Morgan fingerprint density at radius 2 is 1.78 bits per heavy atom. The van der Waals surface area contributed by atoms with Gasteiger partial charge in [-0.3, -0.25) is 9.97 Å². The van der Waals surface area contributed by atoms with Gasteiger partial charge in [-0.25, -0.2) is 0 Å². The summed E-state index contributed by atoms with van der Waals surface area (Å²) in [5, 5.41) is 0.271. The molecule has 3 heterocycles. The van der Waals surface area contributed by atoms with E-state index in [4.69, 9.17) is 0 Å². The molecule has 3 heteroatoms. The number of aromatic nitrogens is 2. The van der Waals surface area contributed by atoms with Crippen LogP contribution in [0.15, 0.2) is 67.0 Å². The van der Waals surface area contributed by atoms with Crippen LogP contribution in [0.1, 0.15) is 16.6 Å². The Hall–Kier alpha value is -1.87. The Balaban J connectivity index is 1.85. The zero-order chi connectivity index (χ0) is 12.2. The van der Waals surface area contributed by atoms with E-state index in [-0.39, 0.29) is 5.25 Å². The fourth-order valence-electron chi connectivity index (χ4n) is 1.82. The number of hydrogen-bond acceptors (Lipinski definition) is 3. The molecule has 0 N–H and O–H groups in total. The van der Waals surface area contributed by atoms with Crippen molar-refractivity contribution in [3.63, 3.8) is 0 Å². The third-order valence-corrected chi connectivity index (χ3v) is 3.94. The molecule has 2 aromatic rings. The third kappa shape index (κ3) is 2.36. The van der Waals surface area contributed by atoms with Crippen LogP contribution in [0.3, 0.4) is 0 Å². The third-order valence-electron chi connectivity index (χ3n) is 2.68. The van der Waals surface area contributed by atoms with Gasteiger partial charge in [-0.15, -0.1) is 11.8 Å². The highest BCUT2D eigenvalue weighted by molar-refractivity contribution is 8.08. The molecule has 2 nitrogen and oxygen atoms in total. The van der Waals surface area contributed by atoms with Crippen molar-refractivity contribution in [2.24, 2.45) is 0 Å². The molecule has 1 aliphatic rings. The molecular formula is C15H12N2S. The topological polar surface area (TPSA) is 25.8 Å². The Kier molecular flexibility index (Phi) is 3.24. The largest absolute Gasteiger partial charge is 0.260 e. The lowest BCUT2D eigenvalue weighted by molar-refractivity contribution is 1.09. The summed E-state index contributed by atoms with van der Waals surface area (Å²) >= 11 is 1.79. The molecule has 1 aliphatic heterocycles. The molecule has 2 aromatic heterocycles. The smallest absolute Gasteiger partial charge is 0.0765 e. The van der Waals surface area contributed by atoms with Gasteiger partial charge in [0.1, 0.15) is 0 Å². The number of allylic oxidation sites excluding steroid dienone is 2. The minimum atomic E-state index is 0.271. The van der Waals surface area contributed by atoms with E-state index in [9.17, 15) is 0 Å². The van der Waals surface area contributed by atoms with Crippen molar-refractivity contribution in [2.75, 3.05) is 0 Å². The Bertz CT molecular complexity index is 576. The summed E-state index contributed by atoms with van der Waals surface area (Å²) in [5.41, 5.74) is 2.10. The van der Waals surface area contributed by atoms with Crippen LogP contribution in [-0.4, -0.2) is 9.97 Å². The maximum atomic E-state index is 4.41. The first-order valence-corrected chi connectivity index (χ1v) is 6.69. The van der Waals surface area contributed by atoms with E-state index in [2.05, 4.69) is 34.3 Å². The minimum absolute atomic E-state index is 0.271. The van der Waals surface area contributed by atoms with Gasteiger partial charge < -0.3 is 0 Å². The lowest BCUT2D eigenvalue weighted by Crippen LogP contribution is -1.97. The number of nitrogens with zero attached hydrogens (tertiary/aromatic N) is 2. The SMILES string of the molecule is C1=CC(c2ccccn2)SC(c2ccccn2)=C1. The van der Waals surface area contributed by atoms with Gasteiger partial charge >= 0.3 is 0 Å². The summed E-state index contributed by atoms with van der Waals surface area (Å²) in [4.78, 5) is 9.99. The first kappa shape index (κ1) is 11.2. The van der Waals surface area contributed by atoms with E-state index in [1.807, 2.05) is 42.7 Å². The van der Waals surface area contributed by atoms with Gasteiger partial charge in [0.05, 0.1) is 16.6 Å². The number of rotatable bonds is 2. The zero-order valence-electron chi connectivity index (χ0n) is 9.73. The normalized spacial score (nSPS) is 18.4. The Morgan fingerprint density at radius 1 is 0.944 bits per heavy atom. The van der Waals surface area contributed by atoms with Crippen molar-refractivity contribution in [2.45, 2.75) is 5.25 Å². The maximum Gasteiger partial charge on any atom is 0.0765 e. The van der Waals surface area contributed by atoms with Crippen LogP contribution in [-0.2, 0) is 0 Å². The highest BCUT2D eigenvalue weighted by Gasteiger charge is 2.16. The first-order valence-electron chi connectivity index (χ1n) is 5.81. The van der Waals surface area contributed by atoms with E-state index in [1.165, 1.54) is 4.91 Å². The molecule has 0 saturated heterocycles. The van der Waals surface area contributed by atoms with E-state index in [1.54, 1.807) is 11.8 Å². The molecule has 88 valence electrons. The fraction of sp³-hybridized carbons (Fsp3) is 0.0667. The van der Waals surface area contributed by atoms with Crippen LogP contribution in [0.5, 0.6) is 0 Å². The van der Waals surface area contributed by atoms with Crippen molar-refractivity contribution in [1.29, 1.82) is 0 Å². The van der Waals surface area contributed by atoms with Gasteiger partial charge in [0.2, 0.25) is 0 Å². The monoisotopic (exact) mass is 252 g/mol. The van der Waals surface area contributed by atoms with Crippen LogP contribution in [0.25, 0.3) is 4.91 Å². The predicted octanol–water partition coefficient (Wildman–Crippen LogP) is 3.86. The van der Waals surface area contributed by atoms with Crippen molar-refractivity contribution in [3.05, 3.63) is 78.4 Å². The summed E-state index contributed by atoms with van der Waals surface area (Å²) in [6.07, 6.45) is 10.0. The first-order chi connectivity index (χ1) is 8.93. The van der Waals surface area contributed by atoms with E-state index >= 15 is 0 Å². The highest BCUT2D eigenvalue weighted by Crippen LogP contribution is 2.41. The molecule has 1 atom stereocenters. The van der Waals surface area contributed by atoms with Crippen LogP contribution >= 0.6 is 11.8 Å². The lowest BCUT2D eigenvalue weighted by atomic mass is 10.2. The second kappa shape index (κ2) is 5.19. The fourth-order valence-corrected chi connectivity index (χ4v) is 2.92. The van der Waals surface area contributed by atoms with Crippen molar-refractivity contribution < 1.29 is 0 Å².